The third-order valence-corrected chi connectivity index (χ3v) is 1.84. The summed E-state index contributed by atoms with van der Waals surface area (Å²) >= 11 is 0. The Morgan fingerprint density at radius 2 is 2.06 bits per heavy atom. The number of ketones is 1. The van der Waals surface area contributed by atoms with Crippen LogP contribution in [0.1, 0.15) is 30.6 Å². The van der Waals surface area contributed by atoms with E-state index in [1.807, 2.05) is 13.8 Å². The third-order valence-electron chi connectivity index (χ3n) is 1.84. The van der Waals surface area contributed by atoms with Gasteiger partial charge in [0.15, 0.2) is 5.78 Å². The minimum absolute atomic E-state index is 0.0184. The van der Waals surface area contributed by atoms with Gasteiger partial charge in [-0.15, -0.1) is 0 Å². The molecule has 0 spiro atoms. The Morgan fingerprint density at radius 1 is 1.38 bits per heavy atom. The molecule has 0 radical (unpaired) electrons. The number of rotatable bonds is 5. The van der Waals surface area contributed by atoms with E-state index < -0.39 is 18.2 Å². The highest BCUT2D eigenvalue weighted by molar-refractivity contribution is 6.05. The van der Waals surface area contributed by atoms with Crippen molar-refractivity contribution in [3.8, 4) is 5.75 Å². The molecule has 4 nitrogen and oxygen atoms in total. The molecule has 16 heavy (non-hydrogen) atoms. The number of carboxylic acids is 1. The average Bonchev–Trinajstić information content (AvgIpc) is 2.16. The molecule has 4 heteroatoms. The summed E-state index contributed by atoms with van der Waals surface area (Å²) in [6, 6.07) is 6.55. The Kier molecular flexibility index (Phi) is 4.05. The van der Waals surface area contributed by atoms with Crippen LogP contribution < -0.4 is 4.74 Å². The lowest BCUT2D eigenvalue weighted by Gasteiger charge is -2.10. The molecule has 1 rings (SSSR count). The lowest BCUT2D eigenvalue weighted by Crippen LogP contribution is -2.09. The standard InChI is InChI=1S/C12H14O4/c1-8(2)16-10-5-3-4-9(6-10)11(13)7-12(14)15/h3-6,8H,7H2,1-2H3,(H,14,15). The molecule has 86 valence electrons. The van der Waals surface area contributed by atoms with Crippen LogP contribution in [0, 0.1) is 0 Å². The van der Waals surface area contributed by atoms with Crippen LogP contribution in [0.4, 0.5) is 0 Å². The zero-order chi connectivity index (χ0) is 12.1. The van der Waals surface area contributed by atoms with Crippen LogP contribution in [0.25, 0.3) is 0 Å². The molecular formula is C12H14O4. The van der Waals surface area contributed by atoms with Gasteiger partial charge in [-0.2, -0.15) is 0 Å². The number of hydrogen-bond acceptors (Lipinski definition) is 3. The molecule has 0 amide bonds. The minimum Gasteiger partial charge on any atom is -0.491 e. The molecule has 0 saturated heterocycles. The Bertz CT molecular complexity index is 396. The molecule has 0 unspecified atom stereocenters. The molecule has 1 aromatic carbocycles. The number of benzene rings is 1. The van der Waals surface area contributed by atoms with Gasteiger partial charge in [0.25, 0.3) is 0 Å². The Labute approximate surface area is 93.9 Å². The van der Waals surface area contributed by atoms with Crippen LogP contribution in [-0.4, -0.2) is 23.0 Å². The lowest BCUT2D eigenvalue weighted by molar-refractivity contribution is -0.135. The lowest BCUT2D eigenvalue weighted by atomic mass is 10.1. The summed E-state index contributed by atoms with van der Waals surface area (Å²) in [6.45, 7) is 3.76. The van der Waals surface area contributed by atoms with Crippen LogP contribution >= 0.6 is 0 Å². The zero-order valence-corrected chi connectivity index (χ0v) is 9.27. The maximum absolute atomic E-state index is 11.5. The molecule has 0 heterocycles. The van der Waals surface area contributed by atoms with Crippen molar-refractivity contribution in [2.75, 3.05) is 0 Å². The van der Waals surface area contributed by atoms with Gasteiger partial charge in [0, 0.05) is 5.56 Å². The Balaban J connectivity index is 2.81. The van der Waals surface area contributed by atoms with Gasteiger partial charge in [0.1, 0.15) is 12.2 Å². The molecule has 0 bridgehead atoms. The van der Waals surface area contributed by atoms with Gasteiger partial charge >= 0.3 is 5.97 Å². The summed E-state index contributed by atoms with van der Waals surface area (Å²) in [5.41, 5.74) is 0.362. The molecule has 0 fully saturated rings. The number of carbonyl (C=O) groups excluding carboxylic acids is 1. The Morgan fingerprint density at radius 3 is 2.62 bits per heavy atom. The van der Waals surface area contributed by atoms with Crippen LogP contribution in [-0.2, 0) is 4.79 Å². The highest BCUT2D eigenvalue weighted by Crippen LogP contribution is 2.16. The summed E-state index contributed by atoms with van der Waals surface area (Å²) in [5.74, 6) is -0.965. The van der Waals surface area contributed by atoms with Crippen molar-refractivity contribution >= 4 is 11.8 Å². The number of carbonyl (C=O) groups is 2. The predicted octanol–water partition coefficient (Wildman–Crippen LogP) is 2.13. The Hall–Kier alpha value is -1.84. The molecule has 0 atom stereocenters. The first-order valence-electron chi connectivity index (χ1n) is 5.00. The fourth-order valence-corrected chi connectivity index (χ4v) is 1.25. The van der Waals surface area contributed by atoms with Crippen molar-refractivity contribution in [3.63, 3.8) is 0 Å². The molecule has 0 aliphatic carbocycles. The second-order valence-electron chi connectivity index (χ2n) is 3.69. The molecule has 0 saturated carbocycles. The van der Waals surface area contributed by atoms with Gasteiger partial charge < -0.3 is 9.84 Å². The SMILES string of the molecule is CC(C)Oc1cccc(C(=O)CC(=O)O)c1. The van der Waals surface area contributed by atoms with Gasteiger partial charge in [-0.25, -0.2) is 0 Å². The van der Waals surface area contributed by atoms with Crippen LogP contribution in [0.2, 0.25) is 0 Å². The van der Waals surface area contributed by atoms with Crippen molar-refractivity contribution in [1.82, 2.24) is 0 Å². The largest absolute Gasteiger partial charge is 0.491 e. The number of aliphatic carboxylic acids is 1. The second-order valence-corrected chi connectivity index (χ2v) is 3.69. The normalized spacial score (nSPS) is 10.2. The summed E-state index contributed by atoms with van der Waals surface area (Å²) in [7, 11) is 0. The van der Waals surface area contributed by atoms with Crippen molar-refractivity contribution in [2.45, 2.75) is 26.4 Å². The fourth-order valence-electron chi connectivity index (χ4n) is 1.25. The second kappa shape index (κ2) is 5.30. The van der Waals surface area contributed by atoms with E-state index in [0.29, 0.717) is 11.3 Å². The maximum Gasteiger partial charge on any atom is 0.311 e. The van der Waals surface area contributed by atoms with Crippen molar-refractivity contribution in [1.29, 1.82) is 0 Å². The summed E-state index contributed by atoms with van der Waals surface area (Å²) in [4.78, 5) is 21.9. The topological polar surface area (TPSA) is 63.6 Å². The van der Waals surface area contributed by atoms with Crippen LogP contribution in [0.3, 0.4) is 0 Å². The van der Waals surface area contributed by atoms with E-state index >= 15 is 0 Å². The quantitative estimate of drug-likeness (QED) is 0.612. The van der Waals surface area contributed by atoms with E-state index in [1.165, 1.54) is 0 Å². The third kappa shape index (κ3) is 3.73. The summed E-state index contributed by atoms with van der Waals surface area (Å²) < 4.78 is 5.41. The highest BCUT2D eigenvalue weighted by atomic mass is 16.5. The number of carboxylic acid groups (broad SMARTS) is 1. The van der Waals surface area contributed by atoms with E-state index in [2.05, 4.69) is 0 Å². The number of Topliss-reactive ketones (excluding diaryl/α,β-unsaturated/α-hetero) is 1. The molecule has 0 aliphatic rings. The first-order valence-corrected chi connectivity index (χ1v) is 5.00. The summed E-state index contributed by atoms with van der Waals surface area (Å²) in [5, 5.41) is 8.51. The minimum atomic E-state index is -1.12. The summed E-state index contributed by atoms with van der Waals surface area (Å²) in [6.07, 6.45) is -0.477. The molecule has 0 aliphatic heterocycles. The van der Waals surface area contributed by atoms with Crippen LogP contribution in [0.5, 0.6) is 5.75 Å². The molecule has 1 N–H and O–H groups in total. The van der Waals surface area contributed by atoms with Crippen molar-refractivity contribution in [3.05, 3.63) is 29.8 Å². The first kappa shape index (κ1) is 12.2. The monoisotopic (exact) mass is 222 g/mol. The van der Waals surface area contributed by atoms with Gasteiger partial charge in [-0.1, -0.05) is 12.1 Å². The van der Waals surface area contributed by atoms with E-state index in [-0.39, 0.29) is 6.10 Å². The van der Waals surface area contributed by atoms with E-state index in [9.17, 15) is 9.59 Å². The van der Waals surface area contributed by atoms with Crippen molar-refractivity contribution in [2.24, 2.45) is 0 Å². The van der Waals surface area contributed by atoms with E-state index in [4.69, 9.17) is 9.84 Å². The fraction of sp³-hybridized carbons (Fsp3) is 0.333. The van der Waals surface area contributed by atoms with Crippen molar-refractivity contribution < 1.29 is 19.4 Å². The average molecular weight is 222 g/mol. The van der Waals surface area contributed by atoms with Gasteiger partial charge in [-0.05, 0) is 26.0 Å². The maximum atomic E-state index is 11.5. The smallest absolute Gasteiger partial charge is 0.311 e. The van der Waals surface area contributed by atoms with Gasteiger partial charge in [0.2, 0.25) is 0 Å². The van der Waals surface area contributed by atoms with E-state index in [1.54, 1.807) is 24.3 Å². The van der Waals surface area contributed by atoms with Gasteiger partial charge in [-0.3, -0.25) is 9.59 Å². The molecule has 1 aromatic rings. The predicted molar refractivity (Wildman–Crippen MR) is 58.8 cm³/mol. The first-order chi connectivity index (χ1) is 7.49. The molecular weight excluding hydrogens is 208 g/mol. The number of hydrogen-bond donors (Lipinski definition) is 1. The zero-order valence-electron chi connectivity index (χ0n) is 9.27. The van der Waals surface area contributed by atoms with Gasteiger partial charge in [0.05, 0.1) is 6.10 Å². The van der Waals surface area contributed by atoms with E-state index in [0.717, 1.165) is 0 Å². The number of ether oxygens (including phenoxy) is 1. The molecule has 0 aromatic heterocycles. The van der Waals surface area contributed by atoms with Crippen LogP contribution in [0.15, 0.2) is 24.3 Å². The highest BCUT2D eigenvalue weighted by Gasteiger charge is 2.11.